The molecule has 1 aromatic carbocycles. The highest BCUT2D eigenvalue weighted by atomic mass is 35.5. The molecule has 18 heavy (non-hydrogen) atoms. The first kappa shape index (κ1) is 13.1. The van der Waals surface area contributed by atoms with Crippen molar-refractivity contribution in [3.63, 3.8) is 0 Å². The minimum Gasteiger partial charge on any atom is -0.493 e. The monoisotopic (exact) mass is 270 g/mol. The van der Waals surface area contributed by atoms with Crippen molar-refractivity contribution >= 4 is 17.3 Å². The molecule has 0 radical (unpaired) electrons. The quantitative estimate of drug-likeness (QED) is 0.470. The molecule has 0 atom stereocenters. The molecule has 0 aliphatic heterocycles. The molecule has 1 aliphatic carbocycles. The van der Waals surface area contributed by atoms with Crippen LogP contribution in [0.5, 0.6) is 5.75 Å². The van der Waals surface area contributed by atoms with Crippen LogP contribution < -0.4 is 10.1 Å². The van der Waals surface area contributed by atoms with E-state index >= 15 is 0 Å². The molecule has 1 aliphatic rings. The van der Waals surface area contributed by atoms with E-state index in [1.165, 1.54) is 25.0 Å². The lowest BCUT2D eigenvalue weighted by molar-refractivity contribution is -0.384. The molecule has 0 heterocycles. The lowest BCUT2D eigenvalue weighted by atomic mass is 10.3. The molecule has 0 unspecified atom stereocenters. The minimum absolute atomic E-state index is 0.0978. The largest absolute Gasteiger partial charge is 0.493 e. The Morgan fingerprint density at radius 3 is 2.89 bits per heavy atom. The van der Waals surface area contributed by atoms with Crippen LogP contribution >= 0.6 is 11.6 Å². The van der Waals surface area contributed by atoms with Gasteiger partial charge in [0, 0.05) is 18.2 Å². The van der Waals surface area contributed by atoms with Crippen molar-refractivity contribution in [1.82, 2.24) is 5.32 Å². The third-order valence-corrected chi connectivity index (χ3v) is 3.02. The van der Waals surface area contributed by atoms with Gasteiger partial charge in [-0.1, -0.05) is 11.6 Å². The maximum Gasteiger partial charge on any atom is 0.288 e. The highest BCUT2D eigenvalue weighted by Gasteiger charge is 2.19. The smallest absolute Gasteiger partial charge is 0.288 e. The van der Waals surface area contributed by atoms with Gasteiger partial charge in [0.1, 0.15) is 10.8 Å². The van der Waals surface area contributed by atoms with E-state index in [0.29, 0.717) is 18.4 Å². The lowest BCUT2D eigenvalue weighted by Gasteiger charge is -2.07. The molecule has 1 fully saturated rings. The Balaban J connectivity index is 1.74. The standard InChI is InChI=1S/C12H15ClN2O3/c13-11-8-10(4-5-12(11)15(16)17)18-7-1-6-14-9-2-3-9/h4-5,8-9,14H,1-3,6-7H2. The molecule has 2 rings (SSSR count). The van der Waals surface area contributed by atoms with Crippen LogP contribution in [0.3, 0.4) is 0 Å². The van der Waals surface area contributed by atoms with E-state index in [9.17, 15) is 10.1 Å². The molecule has 0 saturated heterocycles. The predicted octanol–water partition coefficient (Wildman–Crippen LogP) is 2.77. The van der Waals surface area contributed by atoms with E-state index in [0.717, 1.165) is 13.0 Å². The Hall–Kier alpha value is -1.33. The zero-order valence-electron chi connectivity index (χ0n) is 9.89. The summed E-state index contributed by atoms with van der Waals surface area (Å²) in [7, 11) is 0. The fourth-order valence-electron chi connectivity index (χ4n) is 1.58. The number of nitrogens with one attached hydrogen (secondary N) is 1. The van der Waals surface area contributed by atoms with Gasteiger partial charge in [-0.25, -0.2) is 0 Å². The summed E-state index contributed by atoms with van der Waals surface area (Å²) >= 11 is 5.78. The van der Waals surface area contributed by atoms with Gasteiger partial charge in [-0.3, -0.25) is 10.1 Å². The van der Waals surface area contributed by atoms with Gasteiger partial charge in [-0.15, -0.1) is 0 Å². The average Bonchev–Trinajstić information content (AvgIpc) is 3.12. The lowest BCUT2D eigenvalue weighted by Crippen LogP contribution is -2.19. The van der Waals surface area contributed by atoms with Gasteiger partial charge in [0.25, 0.3) is 5.69 Å². The number of nitro benzene ring substituents is 1. The fraction of sp³-hybridized carbons (Fsp3) is 0.500. The number of hydrogen-bond acceptors (Lipinski definition) is 4. The summed E-state index contributed by atoms with van der Waals surface area (Å²) in [5.74, 6) is 0.567. The molecule has 0 amide bonds. The van der Waals surface area contributed by atoms with Crippen molar-refractivity contribution in [1.29, 1.82) is 0 Å². The molecule has 0 spiro atoms. The van der Waals surface area contributed by atoms with E-state index in [2.05, 4.69) is 5.32 Å². The zero-order chi connectivity index (χ0) is 13.0. The Morgan fingerprint density at radius 2 is 2.28 bits per heavy atom. The Kier molecular flexibility index (Phi) is 4.38. The number of benzene rings is 1. The fourth-order valence-corrected chi connectivity index (χ4v) is 1.82. The highest BCUT2D eigenvalue weighted by Crippen LogP contribution is 2.28. The van der Waals surface area contributed by atoms with E-state index in [4.69, 9.17) is 16.3 Å². The molecule has 1 saturated carbocycles. The first-order chi connectivity index (χ1) is 8.66. The van der Waals surface area contributed by atoms with E-state index in [-0.39, 0.29) is 10.7 Å². The topological polar surface area (TPSA) is 64.4 Å². The second kappa shape index (κ2) is 6.02. The number of nitro groups is 1. The molecular weight excluding hydrogens is 256 g/mol. The van der Waals surface area contributed by atoms with Crippen LogP contribution in [-0.4, -0.2) is 24.1 Å². The Labute approximate surface area is 110 Å². The second-order valence-electron chi connectivity index (χ2n) is 4.30. The summed E-state index contributed by atoms with van der Waals surface area (Å²) in [4.78, 5) is 10.1. The average molecular weight is 271 g/mol. The van der Waals surface area contributed by atoms with Crippen LogP contribution in [0, 0.1) is 10.1 Å². The summed E-state index contributed by atoms with van der Waals surface area (Å²) in [5, 5.41) is 14.1. The third kappa shape index (κ3) is 3.85. The second-order valence-corrected chi connectivity index (χ2v) is 4.71. The van der Waals surface area contributed by atoms with Gasteiger partial charge >= 0.3 is 0 Å². The molecule has 0 aromatic heterocycles. The molecule has 98 valence electrons. The Bertz CT molecular complexity index is 435. The summed E-state index contributed by atoms with van der Waals surface area (Å²) in [6, 6.07) is 5.12. The number of ether oxygens (including phenoxy) is 1. The molecule has 1 N–H and O–H groups in total. The van der Waals surface area contributed by atoms with Crippen LogP contribution in [0.15, 0.2) is 18.2 Å². The third-order valence-electron chi connectivity index (χ3n) is 2.72. The number of hydrogen-bond donors (Lipinski definition) is 1. The normalized spacial score (nSPS) is 14.5. The molecule has 6 heteroatoms. The minimum atomic E-state index is -0.508. The number of halogens is 1. The molecule has 0 bridgehead atoms. The first-order valence-electron chi connectivity index (χ1n) is 5.97. The van der Waals surface area contributed by atoms with Crippen molar-refractivity contribution in [3.8, 4) is 5.75 Å². The van der Waals surface area contributed by atoms with E-state index in [1.54, 1.807) is 6.07 Å². The number of rotatable bonds is 7. The van der Waals surface area contributed by atoms with Crippen LogP contribution in [-0.2, 0) is 0 Å². The summed E-state index contributed by atoms with van der Waals surface area (Å²) in [5.41, 5.74) is -0.0978. The molecule has 5 nitrogen and oxygen atoms in total. The van der Waals surface area contributed by atoms with Gasteiger partial charge in [-0.05, 0) is 31.9 Å². The predicted molar refractivity (Wildman–Crippen MR) is 69.2 cm³/mol. The first-order valence-corrected chi connectivity index (χ1v) is 6.35. The molecular formula is C12H15ClN2O3. The van der Waals surface area contributed by atoms with Crippen LogP contribution in [0.1, 0.15) is 19.3 Å². The zero-order valence-corrected chi connectivity index (χ0v) is 10.7. The van der Waals surface area contributed by atoms with Gasteiger partial charge in [0.2, 0.25) is 0 Å². The van der Waals surface area contributed by atoms with Crippen molar-refractivity contribution < 1.29 is 9.66 Å². The van der Waals surface area contributed by atoms with Gasteiger partial charge in [-0.2, -0.15) is 0 Å². The Morgan fingerprint density at radius 1 is 1.50 bits per heavy atom. The summed E-state index contributed by atoms with van der Waals surface area (Å²) in [6.45, 7) is 1.51. The SMILES string of the molecule is O=[N+]([O-])c1ccc(OCCCNC2CC2)cc1Cl. The molecule has 1 aromatic rings. The summed E-state index contributed by atoms with van der Waals surface area (Å²) < 4.78 is 5.48. The number of nitrogens with zero attached hydrogens (tertiary/aromatic N) is 1. The maximum absolute atomic E-state index is 10.6. The maximum atomic E-state index is 10.6. The van der Waals surface area contributed by atoms with Gasteiger partial charge in [0.05, 0.1) is 11.5 Å². The van der Waals surface area contributed by atoms with Crippen molar-refractivity contribution in [2.24, 2.45) is 0 Å². The summed E-state index contributed by atoms with van der Waals surface area (Å²) in [6.07, 6.45) is 3.46. The van der Waals surface area contributed by atoms with Gasteiger partial charge in [0.15, 0.2) is 0 Å². The van der Waals surface area contributed by atoms with E-state index < -0.39 is 4.92 Å². The van der Waals surface area contributed by atoms with Crippen molar-refractivity contribution in [2.75, 3.05) is 13.2 Å². The van der Waals surface area contributed by atoms with Crippen molar-refractivity contribution in [3.05, 3.63) is 33.3 Å². The van der Waals surface area contributed by atoms with Crippen LogP contribution in [0.2, 0.25) is 5.02 Å². The highest BCUT2D eigenvalue weighted by molar-refractivity contribution is 6.32. The van der Waals surface area contributed by atoms with Crippen molar-refractivity contribution in [2.45, 2.75) is 25.3 Å². The van der Waals surface area contributed by atoms with Gasteiger partial charge < -0.3 is 10.1 Å². The van der Waals surface area contributed by atoms with Crippen LogP contribution in [0.4, 0.5) is 5.69 Å². The van der Waals surface area contributed by atoms with Crippen LogP contribution in [0.25, 0.3) is 0 Å². The van der Waals surface area contributed by atoms with E-state index in [1.807, 2.05) is 0 Å².